The number of carbonyl (C=O) groups is 1. The third-order valence-corrected chi connectivity index (χ3v) is 3.58. The normalized spacial score (nSPS) is 24.6. The van der Waals surface area contributed by atoms with Crippen molar-refractivity contribution in [2.45, 2.75) is 12.5 Å². The summed E-state index contributed by atoms with van der Waals surface area (Å²) in [4.78, 5) is 15.2. The van der Waals surface area contributed by atoms with Crippen LogP contribution in [0.1, 0.15) is 18.2 Å². The van der Waals surface area contributed by atoms with Gasteiger partial charge >= 0.3 is 5.97 Å². The van der Waals surface area contributed by atoms with Gasteiger partial charge in [0.05, 0.1) is 11.6 Å². The Bertz CT molecular complexity index is 425. The van der Waals surface area contributed by atoms with Crippen LogP contribution in [-0.2, 0) is 9.53 Å². The third kappa shape index (κ3) is 2.28. The van der Waals surface area contributed by atoms with Gasteiger partial charge in [0, 0.05) is 21.7 Å². The minimum atomic E-state index is -0.834. The van der Waals surface area contributed by atoms with Crippen LogP contribution in [0.15, 0.2) is 21.2 Å². The molecule has 0 spiro atoms. The van der Waals surface area contributed by atoms with Gasteiger partial charge in [-0.2, -0.15) is 0 Å². The van der Waals surface area contributed by atoms with E-state index in [-0.39, 0.29) is 0 Å². The maximum Gasteiger partial charge on any atom is 0.309 e. The van der Waals surface area contributed by atoms with Gasteiger partial charge in [0.15, 0.2) is 0 Å². The third-order valence-electron chi connectivity index (χ3n) is 2.51. The Kier molecular flexibility index (Phi) is 3.61. The number of rotatable bonds is 2. The fourth-order valence-corrected chi connectivity index (χ4v) is 2.96. The summed E-state index contributed by atoms with van der Waals surface area (Å²) in [7, 11) is 0. The Hall–Kier alpha value is -0.460. The van der Waals surface area contributed by atoms with E-state index in [4.69, 9.17) is 9.84 Å². The summed E-state index contributed by atoms with van der Waals surface area (Å²) in [6.45, 7) is 0.464. The summed E-state index contributed by atoms with van der Waals surface area (Å²) >= 11 is 6.67. The van der Waals surface area contributed by atoms with Gasteiger partial charge in [0.2, 0.25) is 0 Å². The Morgan fingerprint density at radius 3 is 2.94 bits per heavy atom. The van der Waals surface area contributed by atoms with Gasteiger partial charge in [-0.15, -0.1) is 0 Å². The van der Waals surface area contributed by atoms with Crippen molar-refractivity contribution < 1.29 is 14.6 Å². The molecule has 1 fully saturated rings. The quantitative estimate of drug-likeness (QED) is 0.890. The standard InChI is InChI=1S/C10H9Br2NO3/c11-5-3-7(12)8(13-4-5)9-6(10(14)15)1-2-16-9/h3-4,6,9H,1-2H2,(H,14,15). The predicted octanol–water partition coefficient (Wildman–Crippen LogP) is 2.77. The van der Waals surface area contributed by atoms with Gasteiger partial charge in [0.25, 0.3) is 0 Å². The summed E-state index contributed by atoms with van der Waals surface area (Å²) in [5.41, 5.74) is 0.646. The van der Waals surface area contributed by atoms with Crippen molar-refractivity contribution in [2.75, 3.05) is 6.61 Å². The fourth-order valence-electron chi connectivity index (χ4n) is 1.75. The Morgan fingerprint density at radius 2 is 2.31 bits per heavy atom. The van der Waals surface area contributed by atoms with E-state index in [1.807, 2.05) is 6.07 Å². The minimum Gasteiger partial charge on any atom is -0.481 e. The number of pyridine rings is 1. The van der Waals surface area contributed by atoms with Crippen LogP contribution in [0.3, 0.4) is 0 Å². The first-order valence-electron chi connectivity index (χ1n) is 4.75. The summed E-state index contributed by atoms with van der Waals surface area (Å²) in [6.07, 6.45) is 1.71. The molecule has 2 heterocycles. The van der Waals surface area contributed by atoms with E-state index < -0.39 is 18.0 Å². The molecular formula is C10H9Br2NO3. The number of aromatic nitrogens is 1. The van der Waals surface area contributed by atoms with Crippen LogP contribution in [0, 0.1) is 5.92 Å². The lowest BCUT2D eigenvalue weighted by molar-refractivity contribution is -0.143. The Morgan fingerprint density at radius 1 is 1.56 bits per heavy atom. The molecular weight excluding hydrogens is 342 g/mol. The van der Waals surface area contributed by atoms with E-state index >= 15 is 0 Å². The second-order valence-corrected chi connectivity index (χ2v) is 5.32. The fraction of sp³-hybridized carbons (Fsp3) is 0.400. The average molecular weight is 351 g/mol. The van der Waals surface area contributed by atoms with E-state index in [0.29, 0.717) is 18.7 Å². The van der Waals surface area contributed by atoms with Crippen molar-refractivity contribution >= 4 is 37.8 Å². The molecule has 1 aromatic rings. The van der Waals surface area contributed by atoms with Crippen LogP contribution in [0.25, 0.3) is 0 Å². The molecule has 0 aromatic carbocycles. The molecule has 6 heteroatoms. The molecule has 0 aliphatic carbocycles. The number of halogens is 2. The highest BCUT2D eigenvalue weighted by Gasteiger charge is 2.37. The number of ether oxygens (including phenoxy) is 1. The maximum absolute atomic E-state index is 11.0. The first kappa shape index (κ1) is 12.0. The number of carboxylic acid groups (broad SMARTS) is 1. The molecule has 1 aliphatic rings. The molecule has 1 N–H and O–H groups in total. The van der Waals surface area contributed by atoms with Gasteiger partial charge in [-0.3, -0.25) is 9.78 Å². The molecule has 16 heavy (non-hydrogen) atoms. The highest BCUT2D eigenvalue weighted by atomic mass is 79.9. The average Bonchev–Trinajstić information content (AvgIpc) is 2.66. The van der Waals surface area contributed by atoms with Gasteiger partial charge < -0.3 is 9.84 Å². The van der Waals surface area contributed by atoms with Crippen molar-refractivity contribution in [1.82, 2.24) is 4.98 Å². The van der Waals surface area contributed by atoms with Crippen LogP contribution in [0.4, 0.5) is 0 Å². The van der Waals surface area contributed by atoms with Crippen LogP contribution < -0.4 is 0 Å². The predicted molar refractivity (Wildman–Crippen MR) is 64.1 cm³/mol. The molecule has 0 bridgehead atoms. The van der Waals surface area contributed by atoms with Crippen LogP contribution in [-0.4, -0.2) is 22.7 Å². The van der Waals surface area contributed by atoms with E-state index in [9.17, 15) is 4.79 Å². The topological polar surface area (TPSA) is 59.4 Å². The largest absolute Gasteiger partial charge is 0.481 e. The Labute approximate surface area is 109 Å². The highest BCUT2D eigenvalue weighted by Crippen LogP contribution is 2.37. The van der Waals surface area contributed by atoms with Gasteiger partial charge in [-0.05, 0) is 44.3 Å². The molecule has 1 aromatic heterocycles. The van der Waals surface area contributed by atoms with Crippen LogP contribution in [0.2, 0.25) is 0 Å². The number of nitrogens with zero attached hydrogens (tertiary/aromatic N) is 1. The van der Waals surface area contributed by atoms with E-state index in [2.05, 4.69) is 36.8 Å². The van der Waals surface area contributed by atoms with Crippen molar-refractivity contribution in [3.63, 3.8) is 0 Å². The lowest BCUT2D eigenvalue weighted by Crippen LogP contribution is -2.18. The van der Waals surface area contributed by atoms with E-state index in [1.54, 1.807) is 6.20 Å². The molecule has 86 valence electrons. The zero-order valence-corrected chi connectivity index (χ0v) is 11.4. The van der Waals surface area contributed by atoms with Crippen LogP contribution >= 0.6 is 31.9 Å². The van der Waals surface area contributed by atoms with E-state index in [0.717, 1.165) is 8.95 Å². The summed E-state index contributed by atoms with van der Waals surface area (Å²) in [6, 6.07) is 1.84. The number of aliphatic carboxylic acids is 1. The molecule has 0 saturated carbocycles. The molecule has 4 nitrogen and oxygen atoms in total. The highest BCUT2D eigenvalue weighted by molar-refractivity contribution is 9.11. The molecule has 2 atom stereocenters. The SMILES string of the molecule is O=C(O)C1CCOC1c1ncc(Br)cc1Br. The van der Waals surface area contributed by atoms with Crippen molar-refractivity contribution in [2.24, 2.45) is 5.92 Å². The second-order valence-electron chi connectivity index (χ2n) is 3.55. The maximum atomic E-state index is 11.0. The minimum absolute atomic E-state index is 0.458. The number of carboxylic acids is 1. The monoisotopic (exact) mass is 349 g/mol. The summed E-state index contributed by atoms with van der Waals surface area (Å²) in [5.74, 6) is -1.34. The lowest BCUT2D eigenvalue weighted by atomic mass is 9.99. The summed E-state index contributed by atoms with van der Waals surface area (Å²) < 4.78 is 7.05. The molecule has 0 radical (unpaired) electrons. The smallest absolute Gasteiger partial charge is 0.309 e. The molecule has 2 unspecified atom stereocenters. The summed E-state index contributed by atoms with van der Waals surface area (Å²) in [5, 5.41) is 9.06. The van der Waals surface area contributed by atoms with Gasteiger partial charge in [-0.1, -0.05) is 0 Å². The van der Waals surface area contributed by atoms with Gasteiger partial charge in [-0.25, -0.2) is 0 Å². The van der Waals surface area contributed by atoms with Crippen molar-refractivity contribution in [3.05, 3.63) is 26.9 Å². The first-order valence-corrected chi connectivity index (χ1v) is 6.33. The number of hydrogen-bond acceptors (Lipinski definition) is 3. The number of hydrogen-bond donors (Lipinski definition) is 1. The van der Waals surface area contributed by atoms with Crippen LogP contribution in [0.5, 0.6) is 0 Å². The first-order chi connectivity index (χ1) is 7.59. The molecule has 1 aliphatic heterocycles. The van der Waals surface area contributed by atoms with Crippen molar-refractivity contribution in [3.8, 4) is 0 Å². The zero-order valence-electron chi connectivity index (χ0n) is 8.19. The van der Waals surface area contributed by atoms with E-state index in [1.165, 1.54) is 0 Å². The molecule has 2 rings (SSSR count). The molecule has 0 amide bonds. The van der Waals surface area contributed by atoms with Gasteiger partial charge in [0.1, 0.15) is 6.10 Å². The Balaban J connectivity index is 2.32. The zero-order chi connectivity index (χ0) is 11.7. The van der Waals surface area contributed by atoms with Crippen molar-refractivity contribution in [1.29, 1.82) is 0 Å². The second kappa shape index (κ2) is 4.81. The lowest BCUT2D eigenvalue weighted by Gasteiger charge is -2.15. The molecule has 1 saturated heterocycles.